The van der Waals surface area contributed by atoms with Gasteiger partial charge in [-0.25, -0.2) is 0 Å². The molecule has 0 aliphatic carbocycles. The molecule has 1 aliphatic heterocycles. The third kappa shape index (κ3) is 3.53. The van der Waals surface area contributed by atoms with Crippen LogP contribution in [0.25, 0.3) is 0 Å². The van der Waals surface area contributed by atoms with Crippen LogP contribution in [0.15, 0.2) is 34.9 Å². The number of nitrogens with zero attached hydrogens (tertiary/aromatic N) is 2. The van der Waals surface area contributed by atoms with Crippen molar-refractivity contribution < 1.29 is 9.15 Å². The van der Waals surface area contributed by atoms with Gasteiger partial charge in [-0.1, -0.05) is 0 Å². The lowest BCUT2D eigenvalue weighted by molar-refractivity contribution is 0.122. The number of nitrogens with one attached hydrogen (secondary N) is 1. The fourth-order valence-corrected chi connectivity index (χ4v) is 2.33. The summed E-state index contributed by atoms with van der Waals surface area (Å²) < 4.78 is 10.7. The van der Waals surface area contributed by atoms with Gasteiger partial charge in [-0.05, 0) is 30.8 Å². The summed E-state index contributed by atoms with van der Waals surface area (Å²) in [6.07, 6.45) is 2.36. The van der Waals surface area contributed by atoms with Crippen molar-refractivity contribution in [3.63, 3.8) is 0 Å². The van der Waals surface area contributed by atoms with Gasteiger partial charge in [-0.3, -0.25) is 0 Å². The molecule has 0 radical (unpaired) electrons. The fraction of sp³-hybridized carbons (Fsp3) is 0.400. The summed E-state index contributed by atoms with van der Waals surface area (Å²) in [4.78, 5) is 6.64. The van der Waals surface area contributed by atoms with Gasteiger partial charge in [0, 0.05) is 30.9 Å². The van der Waals surface area contributed by atoms with E-state index in [1.165, 1.54) is 5.69 Å². The molecule has 1 aromatic carbocycles. The van der Waals surface area contributed by atoms with Gasteiger partial charge in [0.25, 0.3) is 6.01 Å². The van der Waals surface area contributed by atoms with Crippen LogP contribution in [0.4, 0.5) is 17.4 Å². The highest BCUT2D eigenvalue weighted by Gasteiger charge is 2.11. The van der Waals surface area contributed by atoms with Crippen LogP contribution in [-0.2, 0) is 11.2 Å². The van der Waals surface area contributed by atoms with Crippen molar-refractivity contribution in [1.29, 1.82) is 0 Å². The quantitative estimate of drug-likeness (QED) is 0.873. The smallest absolute Gasteiger partial charge is 0.299 e. The number of ether oxygens (including phenoxy) is 1. The van der Waals surface area contributed by atoms with Gasteiger partial charge < -0.3 is 25.1 Å². The number of aromatic nitrogens is 1. The van der Waals surface area contributed by atoms with Crippen LogP contribution in [0.3, 0.4) is 0 Å². The predicted molar refractivity (Wildman–Crippen MR) is 82.0 cm³/mol. The predicted octanol–water partition coefficient (Wildman–Crippen LogP) is 1.76. The lowest BCUT2D eigenvalue weighted by Crippen LogP contribution is -2.36. The lowest BCUT2D eigenvalue weighted by atomic mass is 10.2. The Hall–Kier alpha value is -2.05. The number of nitrogens with two attached hydrogens (primary N) is 1. The van der Waals surface area contributed by atoms with Gasteiger partial charge in [0.2, 0.25) is 0 Å². The molecule has 0 saturated carbocycles. The van der Waals surface area contributed by atoms with E-state index in [-0.39, 0.29) is 0 Å². The molecule has 21 heavy (non-hydrogen) atoms. The fourth-order valence-electron chi connectivity index (χ4n) is 2.33. The van der Waals surface area contributed by atoms with E-state index in [0.717, 1.165) is 44.1 Å². The van der Waals surface area contributed by atoms with Gasteiger partial charge in [-0.2, -0.15) is 4.98 Å². The van der Waals surface area contributed by atoms with Crippen LogP contribution < -0.4 is 16.0 Å². The molecule has 3 rings (SSSR count). The lowest BCUT2D eigenvalue weighted by Gasteiger charge is -2.28. The molecule has 0 amide bonds. The highest BCUT2D eigenvalue weighted by Crippen LogP contribution is 2.21. The van der Waals surface area contributed by atoms with Crippen molar-refractivity contribution in [3.05, 3.63) is 36.2 Å². The summed E-state index contributed by atoms with van der Waals surface area (Å²) in [5.41, 5.74) is 8.52. The molecule has 2 aromatic rings. The Morgan fingerprint density at radius 3 is 2.67 bits per heavy atom. The number of morpholine rings is 1. The standard InChI is InChI=1S/C15H20N4O2/c16-6-5-13-11-21-15(18-13)17-12-1-3-14(4-2-12)19-7-9-20-10-8-19/h1-4,11H,5-10,16H2,(H,17,18). The van der Waals surface area contributed by atoms with E-state index < -0.39 is 0 Å². The molecule has 6 nitrogen and oxygen atoms in total. The van der Waals surface area contributed by atoms with Crippen molar-refractivity contribution in [1.82, 2.24) is 4.98 Å². The number of hydrogen-bond acceptors (Lipinski definition) is 6. The zero-order valence-corrected chi connectivity index (χ0v) is 11.9. The van der Waals surface area contributed by atoms with Crippen LogP contribution in [-0.4, -0.2) is 37.8 Å². The van der Waals surface area contributed by atoms with Crippen LogP contribution in [0.2, 0.25) is 0 Å². The molecular weight excluding hydrogens is 268 g/mol. The highest BCUT2D eigenvalue weighted by atomic mass is 16.5. The molecule has 112 valence electrons. The molecular formula is C15H20N4O2. The summed E-state index contributed by atoms with van der Waals surface area (Å²) in [5.74, 6) is 0. The molecule has 0 bridgehead atoms. The minimum atomic E-state index is 0.498. The van der Waals surface area contributed by atoms with Crippen LogP contribution in [0, 0.1) is 0 Å². The molecule has 0 unspecified atom stereocenters. The Kier molecular flexibility index (Phi) is 4.37. The maximum Gasteiger partial charge on any atom is 0.299 e. The van der Waals surface area contributed by atoms with E-state index in [2.05, 4.69) is 27.3 Å². The normalized spacial score (nSPS) is 15.2. The second-order valence-electron chi connectivity index (χ2n) is 4.95. The van der Waals surface area contributed by atoms with E-state index in [4.69, 9.17) is 14.9 Å². The highest BCUT2D eigenvalue weighted by molar-refractivity contribution is 5.58. The largest absolute Gasteiger partial charge is 0.432 e. The molecule has 1 aliphatic rings. The maximum atomic E-state index is 5.49. The van der Waals surface area contributed by atoms with E-state index in [1.807, 2.05) is 12.1 Å². The minimum absolute atomic E-state index is 0.498. The number of anilines is 3. The molecule has 1 aromatic heterocycles. The number of benzene rings is 1. The average molecular weight is 288 g/mol. The van der Waals surface area contributed by atoms with Gasteiger partial charge in [0.05, 0.1) is 18.9 Å². The molecule has 1 saturated heterocycles. The Morgan fingerprint density at radius 2 is 1.95 bits per heavy atom. The average Bonchev–Trinajstić information content (AvgIpc) is 2.97. The zero-order valence-electron chi connectivity index (χ0n) is 11.9. The molecule has 0 spiro atoms. The third-order valence-corrected chi connectivity index (χ3v) is 3.45. The van der Waals surface area contributed by atoms with Gasteiger partial charge in [0.15, 0.2) is 0 Å². The summed E-state index contributed by atoms with van der Waals surface area (Å²) in [6, 6.07) is 8.74. The first-order valence-electron chi connectivity index (χ1n) is 7.19. The van der Waals surface area contributed by atoms with Gasteiger partial charge in [-0.15, -0.1) is 0 Å². The third-order valence-electron chi connectivity index (χ3n) is 3.45. The van der Waals surface area contributed by atoms with Gasteiger partial charge in [0.1, 0.15) is 6.26 Å². The van der Waals surface area contributed by atoms with Gasteiger partial charge >= 0.3 is 0 Å². The van der Waals surface area contributed by atoms with Crippen LogP contribution in [0.5, 0.6) is 0 Å². The molecule has 1 fully saturated rings. The molecule has 0 atom stereocenters. The Morgan fingerprint density at radius 1 is 1.19 bits per heavy atom. The number of rotatable bonds is 5. The summed E-state index contributed by atoms with van der Waals surface area (Å²) in [6.45, 7) is 4.03. The minimum Gasteiger partial charge on any atom is -0.432 e. The van der Waals surface area contributed by atoms with Crippen molar-refractivity contribution >= 4 is 17.4 Å². The number of oxazole rings is 1. The first-order valence-corrected chi connectivity index (χ1v) is 7.19. The van der Waals surface area contributed by atoms with E-state index in [1.54, 1.807) is 6.26 Å². The second kappa shape index (κ2) is 6.60. The maximum absolute atomic E-state index is 5.49. The second-order valence-corrected chi connectivity index (χ2v) is 4.95. The topological polar surface area (TPSA) is 76.5 Å². The van der Waals surface area contributed by atoms with Crippen molar-refractivity contribution in [2.24, 2.45) is 5.73 Å². The molecule has 6 heteroatoms. The molecule has 3 N–H and O–H groups in total. The summed E-state index contributed by atoms with van der Waals surface area (Å²) in [7, 11) is 0. The SMILES string of the molecule is NCCc1coc(Nc2ccc(N3CCOCC3)cc2)n1. The Balaban J connectivity index is 1.63. The zero-order chi connectivity index (χ0) is 14.5. The Labute approximate surface area is 123 Å². The van der Waals surface area contributed by atoms with Crippen molar-refractivity contribution in [2.75, 3.05) is 43.1 Å². The monoisotopic (exact) mass is 288 g/mol. The van der Waals surface area contributed by atoms with E-state index in [9.17, 15) is 0 Å². The van der Waals surface area contributed by atoms with E-state index >= 15 is 0 Å². The van der Waals surface area contributed by atoms with E-state index in [0.29, 0.717) is 12.6 Å². The van der Waals surface area contributed by atoms with Crippen LogP contribution in [0.1, 0.15) is 5.69 Å². The first-order chi connectivity index (χ1) is 10.3. The summed E-state index contributed by atoms with van der Waals surface area (Å²) in [5, 5.41) is 3.15. The Bertz CT molecular complexity index is 561. The first kappa shape index (κ1) is 13.9. The summed E-state index contributed by atoms with van der Waals surface area (Å²) >= 11 is 0. The number of hydrogen-bond donors (Lipinski definition) is 2. The van der Waals surface area contributed by atoms with Crippen molar-refractivity contribution in [2.45, 2.75) is 6.42 Å². The van der Waals surface area contributed by atoms with Crippen LogP contribution >= 0.6 is 0 Å². The molecule has 2 heterocycles. The van der Waals surface area contributed by atoms with Crippen molar-refractivity contribution in [3.8, 4) is 0 Å².